The molecule has 0 aliphatic carbocycles. The summed E-state index contributed by atoms with van der Waals surface area (Å²) in [6.45, 7) is 1.44. The summed E-state index contributed by atoms with van der Waals surface area (Å²) in [4.78, 5) is 24.0. The molecule has 1 aromatic heterocycles. The van der Waals surface area contributed by atoms with Gasteiger partial charge in [0, 0.05) is 23.1 Å². The van der Waals surface area contributed by atoms with Crippen LogP contribution in [0.3, 0.4) is 0 Å². The Kier molecular flexibility index (Phi) is 4.26. The molecule has 0 spiro atoms. The number of rotatable bonds is 4. The van der Waals surface area contributed by atoms with Gasteiger partial charge in [-0.05, 0) is 35.7 Å². The van der Waals surface area contributed by atoms with Gasteiger partial charge in [0.15, 0.2) is 5.78 Å². The van der Waals surface area contributed by atoms with E-state index in [2.05, 4.69) is 5.32 Å². The van der Waals surface area contributed by atoms with Crippen LogP contribution >= 0.6 is 11.3 Å². The number of benzene rings is 1. The maximum atomic E-state index is 12.0. The van der Waals surface area contributed by atoms with Crippen molar-refractivity contribution < 1.29 is 9.59 Å². The van der Waals surface area contributed by atoms with Gasteiger partial charge in [0.25, 0.3) is 0 Å². The number of nitrogens with one attached hydrogen (secondary N) is 1. The molecule has 96 valence electrons. The number of hydrogen-bond donors (Lipinski definition) is 1. The van der Waals surface area contributed by atoms with Gasteiger partial charge in [0.2, 0.25) is 5.91 Å². The summed E-state index contributed by atoms with van der Waals surface area (Å²) in [6, 6.07) is 10.8. The van der Waals surface area contributed by atoms with E-state index in [4.69, 9.17) is 0 Å². The van der Waals surface area contributed by atoms with Crippen molar-refractivity contribution in [3.8, 4) is 0 Å². The maximum Gasteiger partial charge on any atom is 0.221 e. The zero-order valence-electron chi connectivity index (χ0n) is 10.4. The standard InChI is InChI=1S/C15H13NO2S/c1-11(17)16-13-5-2-4-12(10-13)15(18)8-7-14-6-3-9-19-14/h2-10H,1H3,(H,16,17). The predicted octanol–water partition coefficient (Wildman–Crippen LogP) is 3.60. The number of anilines is 1. The Hall–Kier alpha value is -2.20. The summed E-state index contributed by atoms with van der Waals surface area (Å²) in [7, 11) is 0. The van der Waals surface area contributed by atoms with Crippen LogP contribution in [0.1, 0.15) is 22.2 Å². The second kappa shape index (κ2) is 6.11. The van der Waals surface area contributed by atoms with Gasteiger partial charge < -0.3 is 5.32 Å². The molecule has 0 aliphatic heterocycles. The molecular formula is C15H13NO2S. The minimum Gasteiger partial charge on any atom is -0.326 e. The van der Waals surface area contributed by atoms with E-state index < -0.39 is 0 Å². The second-order valence-electron chi connectivity index (χ2n) is 3.97. The van der Waals surface area contributed by atoms with Crippen molar-refractivity contribution in [3.63, 3.8) is 0 Å². The molecule has 0 unspecified atom stereocenters. The molecule has 4 heteroatoms. The largest absolute Gasteiger partial charge is 0.326 e. The summed E-state index contributed by atoms with van der Waals surface area (Å²) >= 11 is 1.58. The maximum absolute atomic E-state index is 12.0. The zero-order valence-corrected chi connectivity index (χ0v) is 11.2. The fraction of sp³-hybridized carbons (Fsp3) is 0.0667. The minimum absolute atomic E-state index is 0.0828. The quantitative estimate of drug-likeness (QED) is 0.682. The topological polar surface area (TPSA) is 46.2 Å². The lowest BCUT2D eigenvalue weighted by Gasteiger charge is -2.03. The molecule has 0 aliphatic rings. The number of thiophene rings is 1. The average Bonchev–Trinajstić information content (AvgIpc) is 2.88. The Bertz CT molecular complexity index is 615. The first-order valence-corrected chi connectivity index (χ1v) is 6.67. The summed E-state index contributed by atoms with van der Waals surface area (Å²) in [5, 5.41) is 4.62. The fourth-order valence-electron chi connectivity index (χ4n) is 1.59. The van der Waals surface area contributed by atoms with Crippen LogP contribution in [0, 0.1) is 0 Å². The van der Waals surface area contributed by atoms with E-state index in [0.29, 0.717) is 11.3 Å². The van der Waals surface area contributed by atoms with Crippen LogP contribution in [0.2, 0.25) is 0 Å². The van der Waals surface area contributed by atoms with Crippen molar-refractivity contribution in [3.05, 3.63) is 58.3 Å². The van der Waals surface area contributed by atoms with Crippen molar-refractivity contribution in [1.82, 2.24) is 0 Å². The molecule has 1 aromatic carbocycles. The third kappa shape index (κ3) is 3.89. The van der Waals surface area contributed by atoms with Crippen molar-refractivity contribution in [2.45, 2.75) is 6.92 Å². The lowest BCUT2D eigenvalue weighted by molar-refractivity contribution is -0.114. The summed E-state index contributed by atoms with van der Waals surface area (Å²) in [5.74, 6) is -0.237. The Balaban J connectivity index is 2.13. The van der Waals surface area contributed by atoms with E-state index in [1.165, 1.54) is 6.92 Å². The van der Waals surface area contributed by atoms with Crippen molar-refractivity contribution in [1.29, 1.82) is 0 Å². The van der Waals surface area contributed by atoms with Gasteiger partial charge >= 0.3 is 0 Å². The third-order valence-corrected chi connectivity index (χ3v) is 3.25. The molecule has 3 nitrogen and oxygen atoms in total. The monoisotopic (exact) mass is 271 g/mol. The fourth-order valence-corrected chi connectivity index (χ4v) is 2.21. The van der Waals surface area contributed by atoms with Crippen LogP contribution in [0.15, 0.2) is 47.9 Å². The second-order valence-corrected chi connectivity index (χ2v) is 4.95. The highest BCUT2D eigenvalue weighted by Gasteiger charge is 2.03. The molecule has 19 heavy (non-hydrogen) atoms. The highest BCUT2D eigenvalue weighted by atomic mass is 32.1. The third-order valence-electron chi connectivity index (χ3n) is 2.41. The van der Waals surface area contributed by atoms with E-state index in [1.54, 1.807) is 47.8 Å². The van der Waals surface area contributed by atoms with Crippen LogP contribution in [0.25, 0.3) is 6.08 Å². The van der Waals surface area contributed by atoms with Gasteiger partial charge in [-0.1, -0.05) is 18.2 Å². The summed E-state index contributed by atoms with van der Waals surface area (Å²) < 4.78 is 0. The van der Waals surface area contributed by atoms with Crippen LogP contribution in [0.5, 0.6) is 0 Å². The lowest BCUT2D eigenvalue weighted by atomic mass is 10.1. The first-order valence-electron chi connectivity index (χ1n) is 5.79. The molecule has 1 N–H and O–H groups in total. The van der Waals surface area contributed by atoms with E-state index in [1.807, 2.05) is 17.5 Å². The van der Waals surface area contributed by atoms with Gasteiger partial charge in [0.05, 0.1) is 0 Å². The summed E-state index contributed by atoms with van der Waals surface area (Å²) in [6.07, 6.45) is 3.33. The first kappa shape index (κ1) is 13.2. The highest BCUT2D eigenvalue weighted by Crippen LogP contribution is 2.14. The number of ketones is 1. The molecule has 0 bridgehead atoms. The number of hydrogen-bond acceptors (Lipinski definition) is 3. The number of carbonyl (C=O) groups excluding carboxylic acids is 2. The molecule has 2 rings (SSSR count). The first-order chi connectivity index (χ1) is 9.15. The van der Waals surface area contributed by atoms with Gasteiger partial charge in [-0.15, -0.1) is 11.3 Å². The van der Waals surface area contributed by atoms with Crippen LogP contribution in [-0.2, 0) is 4.79 Å². The van der Waals surface area contributed by atoms with Crippen molar-refractivity contribution in [2.75, 3.05) is 5.32 Å². The van der Waals surface area contributed by atoms with E-state index >= 15 is 0 Å². The number of amides is 1. The van der Waals surface area contributed by atoms with Crippen LogP contribution < -0.4 is 5.32 Å². The molecule has 0 radical (unpaired) electrons. The molecule has 0 atom stereocenters. The molecule has 0 fully saturated rings. The van der Waals surface area contributed by atoms with Gasteiger partial charge in [-0.3, -0.25) is 9.59 Å². The molecule has 2 aromatic rings. The lowest BCUT2D eigenvalue weighted by Crippen LogP contribution is -2.06. The minimum atomic E-state index is -0.154. The van der Waals surface area contributed by atoms with Crippen LogP contribution in [-0.4, -0.2) is 11.7 Å². The Morgan fingerprint density at radius 3 is 2.74 bits per heavy atom. The normalized spacial score (nSPS) is 10.6. The van der Waals surface area contributed by atoms with Crippen molar-refractivity contribution >= 4 is 34.8 Å². The molecule has 1 heterocycles. The zero-order chi connectivity index (χ0) is 13.7. The van der Waals surface area contributed by atoms with E-state index in [-0.39, 0.29) is 11.7 Å². The Morgan fingerprint density at radius 2 is 2.05 bits per heavy atom. The number of allylic oxidation sites excluding steroid dienone is 1. The molecular weight excluding hydrogens is 258 g/mol. The van der Waals surface area contributed by atoms with Gasteiger partial charge in [-0.25, -0.2) is 0 Å². The SMILES string of the molecule is CC(=O)Nc1cccc(C(=O)C=Cc2cccs2)c1. The van der Waals surface area contributed by atoms with Gasteiger partial charge in [0.1, 0.15) is 0 Å². The Labute approximate surface area is 115 Å². The predicted molar refractivity (Wildman–Crippen MR) is 78.4 cm³/mol. The van der Waals surface area contributed by atoms with E-state index in [9.17, 15) is 9.59 Å². The molecule has 0 saturated carbocycles. The highest BCUT2D eigenvalue weighted by molar-refractivity contribution is 7.10. The summed E-state index contributed by atoms with van der Waals surface area (Å²) in [5.41, 5.74) is 1.18. The average molecular weight is 271 g/mol. The smallest absolute Gasteiger partial charge is 0.221 e. The molecule has 0 saturated heterocycles. The molecule has 1 amide bonds. The van der Waals surface area contributed by atoms with Crippen molar-refractivity contribution in [2.24, 2.45) is 0 Å². The van der Waals surface area contributed by atoms with Gasteiger partial charge in [-0.2, -0.15) is 0 Å². The van der Waals surface area contributed by atoms with Crippen LogP contribution in [0.4, 0.5) is 5.69 Å². The van der Waals surface area contributed by atoms with E-state index in [0.717, 1.165) is 4.88 Å². The number of carbonyl (C=O) groups is 2. The Morgan fingerprint density at radius 1 is 1.21 bits per heavy atom.